The topological polar surface area (TPSA) is 46.9 Å². The van der Waals surface area contributed by atoms with E-state index in [4.69, 9.17) is 0 Å². The Morgan fingerprint density at radius 1 is 0.886 bits per heavy atom. The molecule has 0 atom stereocenters. The fourth-order valence-electron chi connectivity index (χ4n) is 4.56. The highest BCUT2D eigenvalue weighted by molar-refractivity contribution is 6.07. The number of carbonyl (C=O) groups is 1. The molecule has 1 N–H and O–H groups in total. The number of nitrogens with zero attached hydrogens (tertiary/aromatic N) is 2. The van der Waals surface area contributed by atoms with Crippen molar-refractivity contribution in [1.82, 2.24) is 14.9 Å². The summed E-state index contributed by atoms with van der Waals surface area (Å²) in [5.41, 5.74) is 1.81. The van der Waals surface area contributed by atoms with Gasteiger partial charge in [0, 0.05) is 48.7 Å². The minimum Gasteiger partial charge on any atom is -0.352 e. The van der Waals surface area contributed by atoms with Crippen molar-refractivity contribution in [3.8, 4) is 22.4 Å². The zero-order valence-corrected chi connectivity index (χ0v) is 18.2. The molecule has 1 aliphatic heterocycles. The van der Waals surface area contributed by atoms with Crippen molar-refractivity contribution in [2.45, 2.75) is 19.1 Å². The van der Waals surface area contributed by atoms with Crippen LogP contribution in [0.2, 0.25) is 0 Å². The van der Waals surface area contributed by atoms with E-state index in [9.17, 15) is 26.7 Å². The molecule has 0 fully saturated rings. The average molecular weight is 483 g/mol. The van der Waals surface area contributed by atoms with Gasteiger partial charge in [-0.05, 0) is 47.5 Å². The highest BCUT2D eigenvalue weighted by Crippen LogP contribution is 2.42. The molecule has 5 rings (SSSR count). The summed E-state index contributed by atoms with van der Waals surface area (Å²) in [6.45, 7) is 0.0631. The summed E-state index contributed by atoms with van der Waals surface area (Å²) in [4.78, 5) is 17.0. The fourth-order valence-corrected chi connectivity index (χ4v) is 4.56. The van der Waals surface area contributed by atoms with Crippen LogP contribution in [0.15, 0.2) is 67.0 Å². The number of alkyl halides is 3. The molecule has 4 nitrogen and oxygen atoms in total. The normalized spacial score (nSPS) is 13.5. The van der Waals surface area contributed by atoms with Crippen LogP contribution in [-0.4, -0.2) is 22.0 Å². The summed E-state index contributed by atoms with van der Waals surface area (Å²) in [7, 11) is 0. The molecule has 35 heavy (non-hydrogen) atoms. The van der Waals surface area contributed by atoms with E-state index in [0.717, 1.165) is 12.1 Å². The number of pyridine rings is 1. The number of rotatable bonds is 4. The van der Waals surface area contributed by atoms with Crippen molar-refractivity contribution < 1.29 is 26.7 Å². The predicted molar refractivity (Wildman–Crippen MR) is 120 cm³/mol. The minimum absolute atomic E-state index is 0.136. The van der Waals surface area contributed by atoms with E-state index in [1.165, 1.54) is 24.3 Å². The van der Waals surface area contributed by atoms with E-state index in [0.29, 0.717) is 52.7 Å². The van der Waals surface area contributed by atoms with Gasteiger partial charge in [-0.1, -0.05) is 18.2 Å². The molecule has 0 aliphatic carbocycles. The number of nitrogens with one attached hydrogen (secondary N) is 1. The van der Waals surface area contributed by atoms with E-state index >= 15 is 0 Å². The highest BCUT2D eigenvalue weighted by atomic mass is 19.4. The van der Waals surface area contributed by atoms with E-state index in [1.54, 1.807) is 29.1 Å². The third kappa shape index (κ3) is 4.18. The molecule has 1 aliphatic rings. The van der Waals surface area contributed by atoms with Gasteiger partial charge in [0.25, 0.3) is 5.91 Å². The lowest BCUT2D eigenvalue weighted by Crippen LogP contribution is -2.32. The molecule has 0 radical (unpaired) electrons. The van der Waals surface area contributed by atoms with Crippen LogP contribution in [0.5, 0.6) is 0 Å². The molecule has 0 saturated carbocycles. The van der Waals surface area contributed by atoms with Gasteiger partial charge in [0.05, 0.1) is 16.8 Å². The van der Waals surface area contributed by atoms with Crippen LogP contribution < -0.4 is 5.32 Å². The van der Waals surface area contributed by atoms with Crippen molar-refractivity contribution in [2.75, 3.05) is 6.54 Å². The molecule has 0 unspecified atom stereocenters. The summed E-state index contributed by atoms with van der Waals surface area (Å²) in [6.07, 6.45) is -1.31. The second kappa shape index (κ2) is 8.65. The summed E-state index contributed by atoms with van der Waals surface area (Å²) in [6, 6.07) is 11.5. The molecule has 1 amide bonds. The monoisotopic (exact) mass is 483 g/mol. The first-order valence-corrected chi connectivity index (χ1v) is 10.8. The summed E-state index contributed by atoms with van der Waals surface area (Å²) >= 11 is 0. The Labute approximate surface area is 197 Å². The average Bonchev–Trinajstić information content (AvgIpc) is 3.16. The maximum Gasteiger partial charge on any atom is 0.416 e. The van der Waals surface area contributed by atoms with Crippen molar-refractivity contribution in [2.24, 2.45) is 0 Å². The lowest BCUT2D eigenvalue weighted by Gasteiger charge is -2.20. The predicted octanol–water partition coefficient (Wildman–Crippen LogP) is 5.85. The lowest BCUT2D eigenvalue weighted by atomic mass is 9.95. The Balaban J connectivity index is 1.82. The standard InChI is InChI=1S/C26H18F5N3O/c27-18-4-1-15(2-5-18)22-23-21(9-12-33-25(23)35)34(24(22)16-7-10-32-11-8-16)14-17-3-6-19(28)13-20(17)26(29,30)31/h1-8,10-11,13H,9,12,14H2,(H,33,35). The quantitative estimate of drug-likeness (QED) is 0.371. The molecule has 2 aromatic carbocycles. The van der Waals surface area contributed by atoms with Crippen LogP contribution >= 0.6 is 0 Å². The first kappa shape index (κ1) is 22.8. The third-order valence-corrected chi connectivity index (χ3v) is 6.04. The Bertz CT molecular complexity index is 1410. The minimum atomic E-state index is -4.77. The van der Waals surface area contributed by atoms with Crippen LogP contribution in [0.1, 0.15) is 27.2 Å². The Hall–Kier alpha value is -4.01. The number of hydrogen-bond acceptors (Lipinski definition) is 2. The van der Waals surface area contributed by atoms with Gasteiger partial charge in [-0.2, -0.15) is 13.2 Å². The van der Waals surface area contributed by atoms with Gasteiger partial charge in [-0.15, -0.1) is 0 Å². The van der Waals surface area contributed by atoms with Crippen LogP contribution in [-0.2, 0) is 19.1 Å². The number of benzene rings is 2. The zero-order chi connectivity index (χ0) is 24.7. The second-order valence-corrected chi connectivity index (χ2v) is 8.18. The summed E-state index contributed by atoms with van der Waals surface area (Å²) in [5, 5.41) is 2.79. The zero-order valence-electron chi connectivity index (χ0n) is 18.2. The SMILES string of the molecule is O=C1NCCc2c1c(-c1ccc(F)cc1)c(-c1ccncc1)n2Cc1ccc(F)cc1C(F)(F)F. The third-order valence-electron chi connectivity index (χ3n) is 6.04. The second-order valence-electron chi connectivity index (χ2n) is 8.18. The van der Waals surface area contributed by atoms with Gasteiger partial charge in [-0.3, -0.25) is 9.78 Å². The van der Waals surface area contributed by atoms with E-state index in [2.05, 4.69) is 10.3 Å². The Morgan fingerprint density at radius 3 is 2.26 bits per heavy atom. The first-order chi connectivity index (χ1) is 16.7. The summed E-state index contributed by atoms with van der Waals surface area (Å²) in [5.74, 6) is -1.82. The van der Waals surface area contributed by atoms with Gasteiger partial charge in [-0.25, -0.2) is 8.78 Å². The summed E-state index contributed by atoms with van der Waals surface area (Å²) < 4.78 is 70.4. The van der Waals surface area contributed by atoms with E-state index in [-0.39, 0.29) is 18.0 Å². The van der Waals surface area contributed by atoms with Crippen LogP contribution in [0, 0.1) is 11.6 Å². The fraction of sp³-hybridized carbons (Fsp3) is 0.154. The number of carbonyl (C=O) groups excluding carboxylic acids is 1. The van der Waals surface area contributed by atoms with Crippen LogP contribution in [0.3, 0.4) is 0 Å². The van der Waals surface area contributed by atoms with Gasteiger partial charge in [0.2, 0.25) is 0 Å². The largest absolute Gasteiger partial charge is 0.416 e. The molecular formula is C26H18F5N3O. The molecule has 3 heterocycles. The number of halogens is 5. The van der Waals surface area contributed by atoms with Crippen molar-refractivity contribution in [1.29, 1.82) is 0 Å². The van der Waals surface area contributed by atoms with Crippen molar-refractivity contribution >= 4 is 5.91 Å². The highest BCUT2D eigenvalue weighted by Gasteiger charge is 2.36. The van der Waals surface area contributed by atoms with Crippen LogP contribution in [0.4, 0.5) is 22.0 Å². The number of hydrogen-bond donors (Lipinski definition) is 1. The molecule has 0 bridgehead atoms. The van der Waals surface area contributed by atoms with E-state index in [1.807, 2.05) is 0 Å². The Morgan fingerprint density at radius 2 is 1.57 bits per heavy atom. The van der Waals surface area contributed by atoms with Crippen molar-refractivity contribution in [3.05, 3.63) is 101 Å². The molecule has 2 aromatic heterocycles. The smallest absolute Gasteiger partial charge is 0.352 e. The molecule has 0 spiro atoms. The lowest BCUT2D eigenvalue weighted by molar-refractivity contribution is -0.138. The molecule has 178 valence electrons. The van der Waals surface area contributed by atoms with Crippen LogP contribution in [0.25, 0.3) is 22.4 Å². The number of fused-ring (bicyclic) bond motifs is 1. The molecule has 4 aromatic rings. The Kier molecular flexibility index (Phi) is 5.62. The maximum absolute atomic E-state index is 13.8. The number of amides is 1. The van der Waals surface area contributed by atoms with E-state index < -0.39 is 23.4 Å². The number of aromatic nitrogens is 2. The van der Waals surface area contributed by atoms with Crippen molar-refractivity contribution in [3.63, 3.8) is 0 Å². The molecular weight excluding hydrogens is 465 g/mol. The van der Waals surface area contributed by atoms with Gasteiger partial charge >= 0.3 is 6.18 Å². The molecule has 0 saturated heterocycles. The van der Waals surface area contributed by atoms with Gasteiger partial charge in [0.15, 0.2) is 0 Å². The van der Waals surface area contributed by atoms with Gasteiger partial charge < -0.3 is 9.88 Å². The maximum atomic E-state index is 13.8. The molecule has 9 heteroatoms. The first-order valence-electron chi connectivity index (χ1n) is 10.8. The van der Waals surface area contributed by atoms with Gasteiger partial charge in [0.1, 0.15) is 11.6 Å².